The van der Waals surface area contributed by atoms with Crippen molar-refractivity contribution in [1.29, 1.82) is 0 Å². The van der Waals surface area contributed by atoms with Gasteiger partial charge in [-0.2, -0.15) is 0 Å². The Bertz CT molecular complexity index is 344. The molecule has 0 spiro atoms. The first-order chi connectivity index (χ1) is 6.83. The Morgan fingerprint density at radius 3 is 3.00 bits per heavy atom. The second-order valence-corrected chi connectivity index (χ2v) is 3.77. The van der Waals surface area contributed by atoms with Gasteiger partial charge in [-0.1, -0.05) is 6.07 Å². The molecule has 0 amide bonds. The van der Waals surface area contributed by atoms with Crippen LogP contribution in [0.1, 0.15) is 17.5 Å². The van der Waals surface area contributed by atoms with Crippen LogP contribution in [0, 0.1) is 5.92 Å². The molecule has 0 heterocycles. The number of fused-ring (bicyclic) bond motifs is 1. The highest BCUT2D eigenvalue weighted by atomic mass is 16.5. The van der Waals surface area contributed by atoms with E-state index < -0.39 is 0 Å². The van der Waals surface area contributed by atoms with E-state index in [1.54, 1.807) is 7.11 Å². The summed E-state index contributed by atoms with van der Waals surface area (Å²) in [7, 11) is 1.68. The molecule has 1 unspecified atom stereocenters. The number of aldehydes is 1. The van der Waals surface area contributed by atoms with Crippen LogP contribution in [0.2, 0.25) is 0 Å². The van der Waals surface area contributed by atoms with Gasteiger partial charge < -0.3 is 9.53 Å². The minimum Gasteiger partial charge on any atom is -0.497 e. The number of benzene rings is 1. The quantitative estimate of drug-likeness (QED) is 0.667. The Morgan fingerprint density at radius 2 is 2.29 bits per heavy atom. The van der Waals surface area contributed by atoms with E-state index in [1.165, 1.54) is 11.1 Å². The fraction of sp³-hybridized carbons (Fsp3) is 0.417. The van der Waals surface area contributed by atoms with Gasteiger partial charge in [0, 0.05) is 5.92 Å². The lowest BCUT2D eigenvalue weighted by Gasteiger charge is -2.20. The number of ether oxygens (including phenoxy) is 1. The third-order valence-corrected chi connectivity index (χ3v) is 2.87. The number of carbonyl (C=O) groups excluding carboxylic acids is 1. The van der Waals surface area contributed by atoms with Crippen LogP contribution < -0.4 is 4.74 Å². The summed E-state index contributed by atoms with van der Waals surface area (Å²) in [6, 6.07) is 6.12. The average Bonchev–Trinajstić information content (AvgIpc) is 2.27. The zero-order chi connectivity index (χ0) is 9.97. The molecule has 2 nitrogen and oxygen atoms in total. The van der Waals surface area contributed by atoms with Crippen molar-refractivity contribution in [2.24, 2.45) is 5.92 Å². The minimum atomic E-state index is 0.218. The van der Waals surface area contributed by atoms with Crippen molar-refractivity contribution in [3.8, 4) is 5.75 Å². The van der Waals surface area contributed by atoms with Gasteiger partial charge in [0.25, 0.3) is 0 Å². The molecule has 0 saturated carbocycles. The zero-order valence-corrected chi connectivity index (χ0v) is 8.32. The molecule has 1 aliphatic carbocycles. The summed E-state index contributed by atoms with van der Waals surface area (Å²) in [6.45, 7) is 0. The third kappa shape index (κ3) is 1.65. The van der Waals surface area contributed by atoms with Gasteiger partial charge in [0.2, 0.25) is 0 Å². The summed E-state index contributed by atoms with van der Waals surface area (Å²) in [5.41, 5.74) is 2.64. The van der Waals surface area contributed by atoms with Crippen LogP contribution in [0.25, 0.3) is 0 Å². The van der Waals surface area contributed by atoms with E-state index in [0.717, 1.165) is 31.3 Å². The molecule has 1 atom stereocenters. The van der Waals surface area contributed by atoms with Crippen LogP contribution in [0.4, 0.5) is 0 Å². The third-order valence-electron chi connectivity index (χ3n) is 2.87. The molecule has 0 bridgehead atoms. The molecule has 1 aliphatic rings. The number of methoxy groups -OCH3 is 1. The largest absolute Gasteiger partial charge is 0.497 e. The van der Waals surface area contributed by atoms with E-state index in [0.29, 0.717) is 0 Å². The predicted molar refractivity (Wildman–Crippen MR) is 54.6 cm³/mol. The summed E-state index contributed by atoms with van der Waals surface area (Å²) in [6.07, 6.45) is 3.94. The molecule has 0 N–H and O–H groups in total. The van der Waals surface area contributed by atoms with Gasteiger partial charge in [-0.3, -0.25) is 0 Å². The molecule has 74 valence electrons. The highest BCUT2D eigenvalue weighted by molar-refractivity contribution is 5.56. The summed E-state index contributed by atoms with van der Waals surface area (Å²) >= 11 is 0. The maximum absolute atomic E-state index is 10.7. The molecule has 0 fully saturated rings. The fourth-order valence-electron chi connectivity index (χ4n) is 2.00. The number of rotatable bonds is 2. The second kappa shape index (κ2) is 3.82. The SMILES string of the molecule is COc1ccc2c(c1)CCC(C=O)C2. The number of hydrogen-bond acceptors (Lipinski definition) is 2. The molecule has 0 radical (unpaired) electrons. The molecule has 2 rings (SSSR count). The summed E-state index contributed by atoms with van der Waals surface area (Å²) in [4.78, 5) is 10.7. The van der Waals surface area contributed by atoms with Gasteiger partial charge in [0.15, 0.2) is 0 Å². The molecule has 14 heavy (non-hydrogen) atoms. The first kappa shape index (κ1) is 9.25. The molecule has 0 aromatic heterocycles. The molecular formula is C12H14O2. The van der Waals surface area contributed by atoms with Crippen molar-refractivity contribution in [2.45, 2.75) is 19.3 Å². The van der Waals surface area contributed by atoms with Crippen molar-refractivity contribution in [3.05, 3.63) is 29.3 Å². The summed E-state index contributed by atoms with van der Waals surface area (Å²) in [5.74, 6) is 1.13. The molecule has 2 heteroatoms. The van der Waals surface area contributed by atoms with Crippen LogP contribution >= 0.6 is 0 Å². The van der Waals surface area contributed by atoms with Gasteiger partial charge in [-0.05, 0) is 42.5 Å². The van der Waals surface area contributed by atoms with Crippen LogP contribution in [0.15, 0.2) is 18.2 Å². The Labute approximate surface area is 83.9 Å². The molecule has 0 aliphatic heterocycles. The lowest BCUT2D eigenvalue weighted by atomic mass is 9.85. The smallest absolute Gasteiger partial charge is 0.123 e. The Balaban J connectivity index is 2.27. The Hall–Kier alpha value is -1.31. The average molecular weight is 190 g/mol. The lowest BCUT2D eigenvalue weighted by molar-refractivity contribution is -0.111. The Kier molecular flexibility index (Phi) is 2.53. The second-order valence-electron chi connectivity index (χ2n) is 3.77. The minimum absolute atomic E-state index is 0.218. The van der Waals surface area contributed by atoms with Gasteiger partial charge in [0.1, 0.15) is 12.0 Å². The van der Waals surface area contributed by atoms with E-state index in [1.807, 2.05) is 6.07 Å². The summed E-state index contributed by atoms with van der Waals surface area (Å²) < 4.78 is 5.16. The first-order valence-electron chi connectivity index (χ1n) is 4.94. The highest BCUT2D eigenvalue weighted by Crippen LogP contribution is 2.27. The van der Waals surface area contributed by atoms with Crippen molar-refractivity contribution < 1.29 is 9.53 Å². The van der Waals surface area contributed by atoms with Crippen molar-refractivity contribution in [3.63, 3.8) is 0 Å². The number of hydrogen-bond donors (Lipinski definition) is 0. The lowest BCUT2D eigenvalue weighted by Crippen LogP contribution is -2.15. The maximum atomic E-state index is 10.7. The van der Waals surface area contributed by atoms with E-state index in [2.05, 4.69) is 12.1 Å². The van der Waals surface area contributed by atoms with Crippen molar-refractivity contribution in [2.75, 3.05) is 7.11 Å². The summed E-state index contributed by atoms with van der Waals surface area (Å²) in [5, 5.41) is 0. The van der Waals surface area contributed by atoms with Crippen LogP contribution in [-0.2, 0) is 17.6 Å². The zero-order valence-electron chi connectivity index (χ0n) is 8.32. The topological polar surface area (TPSA) is 26.3 Å². The normalized spacial score (nSPS) is 19.9. The fourth-order valence-corrected chi connectivity index (χ4v) is 2.00. The van der Waals surface area contributed by atoms with Gasteiger partial charge >= 0.3 is 0 Å². The van der Waals surface area contributed by atoms with Gasteiger partial charge in [0.05, 0.1) is 7.11 Å². The number of aryl methyl sites for hydroxylation is 1. The highest BCUT2D eigenvalue weighted by Gasteiger charge is 2.17. The van der Waals surface area contributed by atoms with E-state index in [4.69, 9.17) is 4.74 Å². The first-order valence-corrected chi connectivity index (χ1v) is 4.94. The Morgan fingerprint density at radius 1 is 1.43 bits per heavy atom. The maximum Gasteiger partial charge on any atom is 0.123 e. The molecule has 0 saturated heterocycles. The van der Waals surface area contributed by atoms with E-state index in [-0.39, 0.29) is 5.92 Å². The molecular weight excluding hydrogens is 176 g/mol. The van der Waals surface area contributed by atoms with Crippen LogP contribution in [0.3, 0.4) is 0 Å². The standard InChI is InChI=1S/C12H14O2/c1-14-12-5-4-10-6-9(8-13)2-3-11(10)7-12/h4-5,7-9H,2-3,6H2,1H3. The van der Waals surface area contributed by atoms with Gasteiger partial charge in [-0.15, -0.1) is 0 Å². The van der Waals surface area contributed by atoms with Crippen molar-refractivity contribution in [1.82, 2.24) is 0 Å². The van der Waals surface area contributed by atoms with Gasteiger partial charge in [-0.25, -0.2) is 0 Å². The van der Waals surface area contributed by atoms with E-state index in [9.17, 15) is 4.79 Å². The van der Waals surface area contributed by atoms with Crippen LogP contribution in [-0.4, -0.2) is 13.4 Å². The van der Waals surface area contributed by atoms with Crippen molar-refractivity contribution >= 4 is 6.29 Å². The van der Waals surface area contributed by atoms with E-state index >= 15 is 0 Å². The monoisotopic (exact) mass is 190 g/mol. The van der Waals surface area contributed by atoms with Crippen LogP contribution in [0.5, 0.6) is 5.75 Å². The molecule has 1 aromatic rings. The predicted octanol–water partition coefficient (Wildman–Crippen LogP) is 2.00. The number of carbonyl (C=O) groups is 1. The molecule has 1 aromatic carbocycles.